The van der Waals surface area contributed by atoms with E-state index in [1.54, 1.807) is 0 Å². The van der Waals surface area contributed by atoms with Crippen LogP contribution in [0.15, 0.2) is 23.1 Å². The fourth-order valence-electron chi connectivity index (χ4n) is 0.885. The first-order chi connectivity index (χ1) is 7.30. The molecule has 0 saturated heterocycles. The van der Waals surface area contributed by atoms with Gasteiger partial charge in [-0.15, -0.1) is 0 Å². The average Bonchev–Trinajstić information content (AvgIpc) is 2.14. The summed E-state index contributed by atoms with van der Waals surface area (Å²) >= 11 is 10.8. The van der Waals surface area contributed by atoms with Gasteiger partial charge in [0.1, 0.15) is 5.75 Å². The first-order valence-corrected chi connectivity index (χ1v) is 6.92. The number of hydrogen-bond acceptors (Lipinski definition) is 4. The molecule has 0 heterocycles. The lowest BCUT2D eigenvalue weighted by molar-refractivity contribution is -0.113. The molecule has 88 valence electrons. The van der Waals surface area contributed by atoms with Crippen LogP contribution in [0.1, 0.15) is 0 Å². The summed E-state index contributed by atoms with van der Waals surface area (Å²) in [5, 5.41) is -0.662. The van der Waals surface area contributed by atoms with E-state index in [9.17, 15) is 13.2 Å². The summed E-state index contributed by atoms with van der Waals surface area (Å²) in [5.74, 6) is 0.153. The van der Waals surface area contributed by atoms with E-state index in [-0.39, 0.29) is 22.3 Å². The Balaban J connectivity index is 2.96. The van der Waals surface area contributed by atoms with E-state index in [0.29, 0.717) is 0 Å². The molecule has 0 fully saturated rings. The Morgan fingerprint density at radius 1 is 1.38 bits per heavy atom. The van der Waals surface area contributed by atoms with Crippen molar-refractivity contribution in [2.45, 2.75) is 4.90 Å². The standard InChI is InChI=1S/C8H5Cl3O4S/c9-6-3-5(16(11,13)14)1-2-7(6)15-4-8(10)12/h1-3H,4H2. The fourth-order valence-corrected chi connectivity index (χ4v) is 2.02. The van der Waals surface area contributed by atoms with Crippen LogP contribution in [-0.4, -0.2) is 20.3 Å². The maximum atomic E-state index is 11.0. The van der Waals surface area contributed by atoms with Crippen molar-refractivity contribution in [2.24, 2.45) is 0 Å². The fraction of sp³-hybridized carbons (Fsp3) is 0.125. The van der Waals surface area contributed by atoms with Crippen molar-refractivity contribution in [1.82, 2.24) is 0 Å². The van der Waals surface area contributed by atoms with Gasteiger partial charge in [-0.1, -0.05) is 11.6 Å². The first-order valence-electron chi connectivity index (χ1n) is 3.86. The third-order valence-electron chi connectivity index (χ3n) is 1.53. The number of rotatable bonds is 4. The third kappa shape index (κ3) is 3.83. The van der Waals surface area contributed by atoms with Gasteiger partial charge in [-0.25, -0.2) is 8.42 Å². The second kappa shape index (κ2) is 5.23. The highest BCUT2D eigenvalue weighted by molar-refractivity contribution is 8.13. The molecule has 0 aliphatic carbocycles. The second-order valence-electron chi connectivity index (χ2n) is 2.67. The highest BCUT2D eigenvalue weighted by atomic mass is 35.7. The van der Waals surface area contributed by atoms with E-state index in [2.05, 4.69) is 0 Å². The molecule has 16 heavy (non-hydrogen) atoms. The van der Waals surface area contributed by atoms with Crippen molar-refractivity contribution >= 4 is 48.2 Å². The van der Waals surface area contributed by atoms with Crippen LogP contribution in [0.3, 0.4) is 0 Å². The maximum absolute atomic E-state index is 11.0. The van der Waals surface area contributed by atoms with Gasteiger partial charge in [0.2, 0.25) is 0 Å². The van der Waals surface area contributed by atoms with Gasteiger partial charge < -0.3 is 4.74 Å². The van der Waals surface area contributed by atoms with Crippen LogP contribution in [0.4, 0.5) is 0 Å². The normalized spacial score (nSPS) is 11.2. The number of benzene rings is 1. The summed E-state index contributed by atoms with van der Waals surface area (Å²) < 4.78 is 26.8. The second-order valence-corrected chi connectivity index (χ2v) is 6.07. The number of carbonyl (C=O) groups excluding carboxylic acids is 1. The van der Waals surface area contributed by atoms with Crippen LogP contribution >= 0.6 is 33.9 Å². The van der Waals surface area contributed by atoms with Gasteiger partial charge >= 0.3 is 0 Å². The molecule has 0 N–H and O–H groups in total. The Bertz CT molecular complexity index is 512. The summed E-state index contributed by atoms with van der Waals surface area (Å²) in [6.45, 7) is -0.353. The molecule has 4 nitrogen and oxygen atoms in total. The lowest BCUT2D eigenvalue weighted by Crippen LogP contribution is -2.04. The predicted octanol–water partition coefficient (Wildman–Crippen LogP) is 2.41. The highest BCUT2D eigenvalue weighted by Crippen LogP contribution is 2.28. The van der Waals surface area contributed by atoms with E-state index in [0.717, 1.165) is 6.07 Å². The van der Waals surface area contributed by atoms with Crippen molar-refractivity contribution in [3.05, 3.63) is 23.2 Å². The summed E-state index contributed by atoms with van der Waals surface area (Å²) in [4.78, 5) is 10.3. The molecule has 0 atom stereocenters. The van der Waals surface area contributed by atoms with Gasteiger partial charge in [-0.2, -0.15) is 0 Å². The average molecular weight is 304 g/mol. The van der Waals surface area contributed by atoms with E-state index >= 15 is 0 Å². The molecule has 0 bridgehead atoms. The monoisotopic (exact) mass is 302 g/mol. The molecule has 0 radical (unpaired) electrons. The summed E-state index contributed by atoms with van der Waals surface area (Å²) in [6, 6.07) is 3.62. The van der Waals surface area contributed by atoms with Gasteiger partial charge in [0, 0.05) is 10.7 Å². The molecule has 1 aromatic rings. The molecule has 1 aromatic carbocycles. The van der Waals surface area contributed by atoms with Gasteiger partial charge in [-0.05, 0) is 29.8 Å². The van der Waals surface area contributed by atoms with Crippen molar-refractivity contribution in [3.8, 4) is 5.75 Å². The molecule has 0 saturated carbocycles. The Kier molecular flexibility index (Phi) is 4.43. The van der Waals surface area contributed by atoms with Crippen LogP contribution in [0.2, 0.25) is 5.02 Å². The largest absolute Gasteiger partial charge is 0.483 e. The van der Waals surface area contributed by atoms with Gasteiger partial charge in [0.15, 0.2) is 6.61 Å². The lowest BCUT2D eigenvalue weighted by Gasteiger charge is -2.06. The zero-order valence-electron chi connectivity index (χ0n) is 7.61. The highest BCUT2D eigenvalue weighted by Gasteiger charge is 2.13. The van der Waals surface area contributed by atoms with Gasteiger partial charge in [0.25, 0.3) is 14.3 Å². The number of hydrogen-bond donors (Lipinski definition) is 0. The van der Waals surface area contributed by atoms with Crippen LogP contribution < -0.4 is 4.74 Å². The Morgan fingerprint density at radius 2 is 2.00 bits per heavy atom. The summed E-state index contributed by atoms with van der Waals surface area (Å²) in [7, 11) is 1.27. The Labute approximate surface area is 106 Å². The minimum absolute atomic E-state index is 0.0274. The topological polar surface area (TPSA) is 60.4 Å². The zero-order valence-corrected chi connectivity index (χ0v) is 10.7. The predicted molar refractivity (Wildman–Crippen MR) is 60.8 cm³/mol. The minimum atomic E-state index is -3.83. The first kappa shape index (κ1) is 13.6. The molecule has 0 spiro atoms. The van der Waals surface area contributed by atoms with Crippen molar-refractivity contribution in [1.29, 1.82) is 0 Å². The summed E-state index contributed by atoms with van der Waals surface area (Å²) in [6.07, 6.45) is 0. The molecule has 0 amide bonds. The minimum Gasteiger partial charge on any atom is -0.483 e. The summed E-state index contributed by atoms with van der Waals surface area (Å²) in [5.41, 5.74) is 0. The van der Waals surface area contributed by atoms with Crippen molar-refractivity contribution < 1.29 is 17.9 Å². The number of ether oxygens (including phenoxy) is 1. The Morgan fingerprint density at radius 3 is 2.44 bits per heavy atom. The van der Waals surface area contributed by atoms with Gasteiger partial charge in [0.05, 0.1) is 9.92 Å². The van der Waals surface area contributed by atoms with Crippen molar-refractivity contribution in [3.63, 3.8) is 0 Å². The molecule has 0 unspecified atom stereocenters. The van der Waals surface area contributed by atoms with Crippen LogP contribution in [0.25, 0.3) is 0 Å². The quantitative estimate of drug-likeness (QED) is 0.801. The molecule has 0 aliphatic rings. The molecule has 0 aliphatic heterocycles. The van der Waals surface area contributed by atoms with Crippen LogP contribution in [0.5, 0.6) is 5.75 Å². The molecule has 8 heteroatoms. The molecule has 1 rings (SSSR count). The van der Waals surface area contributed by atoms with Crippen molar-refractivity contribution in [2.75, 3.05) is 6.61 Å². The molecule has 0 aromatic heterocycles. The number of halogens is 3. The Hall–Kier alpha value is -0.490. The smallest absolute Gasteiger partial charge is 0.261 e. The van der Waals surface area contributed by atoms with Gasteiger partial charge in [-0.3, -0.25) is 4.79 Å². The third-order valence-corrected chi connectivity index (χ3v) is 3.28. The molecular formula is C8H5Cl3O4S. The van der Waals surface area contributed by atoms with Crippen LogP contribution in [0, 0.1) is 0 Å². The van der Waals surface area contributed by atoms with Crippen LogP contribution in [-0.2, 0) is 13.8 Å². The van der Waals surface area contributed by atoms with E-state index in [1.165, 1.54) is 12.1 Å². The number of carbonyl (C=O) groups is 1. The zero-order chi connectivity index (χ0) is 12.3. The van der Waals surface area contributed by atoms with E-state index < -0.39 is 14.3 Å². The SMILES string of the molecule is O=C(Cl)COc1ccc(S(=O)(=O)Cl)cc1Cl. The lowest BCUT2D eigenvalue weighted by atomic mass is 10.3. The molecular weight excluding hydrogens is 299 g/mol. The van der Waals surface area contributed by atoms with E-state index in [1.807, 2.05) is 0 Å². The maximum Gasteiger partial charge on any atom is 0.261 e. The van der Waals surface area contributed by atoms with E-state index in [4.69, 9.17) is 38.6 Å².